The van der Waals surface area contributed by atoms with Crippen LogP contribution in [-0.2, 0) is 12.8 Å². The van der Waals surface area contributed by atoms with Gasteiger partial charge >= 0.3 is 0 Å². The number of para-hydroxylation sites is 1. The summed E-state index contributed by atoms with van der Waals surface area (Å²) in [5.74, 6) is 0. The number of nitrogens with one attached hydrogen (secondary N) is 2. The third-order valence-corrected chi connectivity index (χ3v) is 4.92. The van der Waals surface area contributed by atoms with Crippen molar-refractivity contribution in [1.82, 2.24) is 5.43 Å². The van der Waals surface area contributed by atoms with E-state index in [2.05, 4.69) is 58.9 Å². The van der Waals surface area contributed by atoms with Crippen molar-refractivity contribution in [2.24, 2.45) is 5.10 Å². The Balaban J connectivity index is 1.61. The highest BCUT2D eigenvalue weighted by atomic mass is 32.1. The Morgan fingerprint density at radius 3 is 2.88 bits per heavy atom. The third-order valence-electron chi connectivity index (χ3n) is 4.73. The molecule has 1 aliphatic rings. The lowest BCUT2D eigenvalue weighted by atomic mass is 9.99. The molecule has 0 radical (unpaired) electrons. The first-order valence-corrected chi connectivity index (χ1v) is 9.68. The van der Waals surface area contributed by atoms with E-state index in [-0.39, 0.29) is 0 Å². The first kappa shape index (κ1) is 18.4. The normalized spacial score (nSPS) is 13.5. The molecule has 1 heterocycles. The van der Waals surface area contributed by atoms with Gasteiger partial charge < -0.3 is 10.2 Å². The van der Waals surface area contributed by atoms with E-state index >= 15 is 0 Å². The fraction of sp³-hybridized carbons (Fsp3) is 0.333. The molecule has 0 amide bonds. The maximum atomic E-state index is 5.34. The number of anilines is 2. The topological polar surface area (TPSA) is 39.7 Å². The summed E-state index contributed by atoms with van der Waals surface area (Å²) in [6.07, 6.45) is 5.13. The third kappa shape index (κ3) is 4.41. The van der Waals surface area contributed by atoms with Crippen LogP contribution in [0.25, 0.3) is 0 Å². The minimum atomic E-state index is 0.497. The van der Waals surface area contributed by atoms with Gasteiger partial charge in [0.25, 0.3) is 0 Å². The van der Waals surface area contributed by atoms with Gasteiger partial charge in [-0.25, -0.2) is 0 Å². The molecule has 2 N–H and O–H groups in total. The molecule has 0 fully saturated rings. The minimum Gasteiger partial charge on any atom is -0.372 e. The number of hydrogen-bond donors (Lipinski definition) is 2. The van der Waals surface area contributed by atoms with Gasteiger partial charge in [0.05, 0.1) is 6.21 Å². The van der Waals surface area contributed by atoms with Crippen molar-refractivity contribution in [3.8, 4) is 0 Å². The highest BCUT2D eigenvalue weighted by molar-refractivity contribution is 7.80. The van der Waals surface area contributed by atoms with Crippen LogP contribution in [0.1, 0.15) is 37.0 Å². The molecule has 5 heteroatoms. The van der Waals surface area contributed by atoms with Gasteiger partial charge in [-0.15, -0.1) is 0 Å². The number of nitrogens with zero attached hydrogens (tertiary/aromatic N) is 2. The largest absolute Gasteiger partial charge is 0.372 e. The smallest absolute Gasteiger partial charge is 0.191 e. The zero-order valence-corrected chi connectivity index (χ0v) is 16.3. The van der Waals surface area contributed by atoms with Crippen molar-refractivity contribution < 1.29 is 0 Å². The zero-order valence-electron chi connectivity index (χ0n) is 15.5. The maximum Gasteiger partial charge on any atom is 0.191 e. The Morgan fingerprint density at radius 1 is 1.23 bits per heavy atom. The lowest BCUT2D eigenvalue weighted by Gasteiger charge is -2.30. The number of aryl methyl sites for hydroxylation is 2. The molecule has 0 aromatic heterocycles. The lowest BCUT2D eigenvalue weighted by Crippen LogP contribution is -2.28. The van der Waals surface area contributed by atoms with Gasteiger partial charge in [0.1, 0.15) is 0 Å². The summed E-state index contributed by atoms with van der Waals surface area (Å²) in [6, 6.07) is 14.7. The Bertz CT molecular complexity index is 800. The van der Waals surface area contributed by atoms with Crippen LogP contribution < -0.4 is 15.6 Å². The van der Waals surface area contributed by atoms with Crippen LogP contribution in [0.2, 0.25) is 0 Å². The fourth-order valence-corrected chi connectivity index (χ4v) is 3.53. The Morgan fingerprint density at radius 2 is 2.08 bits per heavy atom. The number of fused-ring (bicyclic) bond motifs is 1. The first-order chi connectivity index (χ1) is 12.7. The molecule has 136 valence electrons. The molecule has 0 atom stereocenters. The van der Waals surface area contributed by atoms with Crippen LogP contribution in [-0.4, -0.2) is 24.4 Å². The Hall–Kier alpha value is -2.40. The minimum absolute atomic E-state index is 0.497. The monoisotopic (exact) mass is 366 g/mol. The first-order valence-electron chi connectivity index (χ1n) is 9.27. The van der Waals surface area contributed by atoms with Crippen molar-refractivity contribution in [3.63, 3.8) is 0 Å². The molecule has 0 spiro atoms. The molecule has 1 aliphatic heterocycles. The highest BCUT2D eigenvalue weighted by Gasteiger charge is 2.15. The molecule has 2 aromatic rings. The standard InChI is InChI=1S/C21H26N4S/c1-3-17-8-5-6-10-19(17)23-21(26)24-22-15-16-11-12-20-18(14-16)9-7-13-25(20)4-2/h5-6,8,10-12,14-15H,3-4,7,9,13H2,1-2H3,(H2,23,24,26)/b22-15-. The van der Waals surface area contributed by atoms with Crippen LogP contribution in [0.15, 0.2) is 47.6 Å². The zero-order chi connectivity index (χ0) is 18.4. The summed E-state index contributed by atoms with van der Waals surface area (Å²) in [4.78, 5) is 2.43. The lowest BCUT2D eigenvalue weighted by molar-refractivity contribution is 0.708. The van der Waals surface area contributed by atoms with Crippen molar-refractivity contribution in [3.05, 3.63) is 59.2 Å². The van der Waals surface area contributed by atoms with Crippen LogP contribution in [0, 0.1) is 0 Å². The summed E-state index contributed by atoms with van der Waals surface area (Å²) in [7, 11) is 0. The fourth-order valence-electron chi connectivity index (χ4n) is 3.37. The van der Waals surface area contributed by atoms with Gasteiger partial charge in [0.2, 0.25) is 0 Å². The maximum absolute atomic E-state index is 5.34. The summed E-state index contributed by atoms with van der Waals surface area (Å²) in [5.41, 5.74) is 9.02. The van der Waals surface area contributed by atoms with Crippen LogP contribution in [0.4, 0.5) is 11.4 Å². The molecule has 3 rings (SSSR count). The van der Waals surface area contributed by atoms with E-state index in [1.807, 2.05) is 24.4 Å². The second kappa shape index (κ2) is 8.81. The van der Waals surface area contributed by atoms with Crippen LogP contribution in [0.3, 0.4) is 0 Å². The van der Waals surface area contributed by atoms with Crippen molar-refractivity contribution in [2.45, 2.75) is 33.1 Å². The molecule has 0 unspecified atom stereocenters. The molecule has 2 aromatic carbocycles. The van der Waals surface area contributed by atoms with Gasteiger partial charge in [-0.3, -0.25) is 5.43 Å². The summed E-state index contributed by atoms with van der Waals surface area (Å²) in [5, 5.41) is 8.00. The van der Waals surface area contributed by atoms with Gasteiger partial charge in [-0.1, -0.05) is 31.2 Å². The summed E-state index contributed by atoms with van der Waals surface area (Å²) < 4.78 is 0. The predicted molar refractivity (Wildman–Crippen MR) is 115 cm³/mol. The second-order valence-corrected chi connectivity index (χ2v) is 6.81. The molecule has 0 aliphatic carbocycles. The van der Waals surface area contributed by atoms with Crippen LogP contribution >= 0.6 is 12.2 Å². The summed E-state index contributed by atoms with van der Waals surface area (Å²) in [6.45, 7) is 6.54. The molecule has 26 heavy (non-hydrogen) atoms. The van der Waals surface area contributed by atoms with Crippen LogP contribution in [0.5, 0.6) is 0 Å². The summed E-state index contributed by atoms with van der Waals surface area (Å²) >= 11 is 5.34. The Kier molecular flexibility index (Phi) is 6.23. The van der Waals surface area contributed by atoms with Crippen molar-refractivity contribution in [1.29, 1.82) is 0 Å². The highest BCUT2D eigenvalue weighted by Crippen LogP contribution is 2.27. The number of rotatable bonds is 5. The average molecular weight is 367 g/mol. The number of benzene rings is 2. The second-order valence-electron chi connectivity index (χ2n) is 6.41. The van der Waals surface area contributed by atoms with Crippen molar-refractivity contribution >= 4 is 34.9 Å². The molecule has 0 saturated carbocycles. The molecular formula is C21H26N4S. The molecule has 0 saturated heterocycles. The van der Waals surface area contributed by atoms with Gasteiger partial charge in [0, 0.05) is 24.5 Å². The molecule has 0 bridgehead atoms. The number of hydrazone groups is 1. The number of hydrogen-bond acceptors (Lipinski definition) is 3. The SMILES string of the molecule is CCc1ccccc1NC(=S)N/N=C\c1ccc2c(c1)CCCN2CC. The number of thiocarbonyl (C=S) groups is 1. The van der Waals surface area contributed by atoms with E-state index in [9.17, 15) is 0 Å². The average Bonchev–Trinajstić information content (AvgIpc) is 2.67. The van der Waals surface area contributed by atoms with E-state index in [0.717, 1.165) is 37.2 Å². The van der Waals surface area contributed by atoms with E-state index in [0.29, 0.717) is 5.11 Å². The van der Waals surface area contributed by atoms with E-state index in [4.69, 9.17) is 12.2 Å². The van der Waals surface area contributed by atoms with Crippen molar-refractivity contribution in [2.75, 3.05) is 23.3 Å². The van der Waals surface area contributed by atoms with E-state index < -0.39 is 0 Å². The van der Waals surface area contributed by atoms with Gasteiger partial charge in [-0.05, 0) is 73.3 Å². The molecular weight excluding hydrogens is 340 g/mol. The Labute approximate surface area is 161 Å². The van der Waals surface area contributed by atoms with Gasteiger partial charge in [0.15, 0.2) is 5.11 Å². The predicted octanol–water partition coefficient (Wildman–Crippen LogP) is 4.34. The van der Waals surface area contributed by atoms with Gasteiger partial charge in [-0.2, -0.15) is 5.10 Å². The van der Waals surface area contributed by atoms with E-state index in [1.54, 1.807) is 0 Å². The quantitative estimate of drug-likeness (QED) is 0.469. The van der Waals surface area contributed by atoms with E-state index in [1.165, 1.54) is 23.2 Å². The molecule has 4 nitrogen and oxygen atoms in total.